The predicted octanol–water partition coefficient (Wildman–Crippen LogP) is 1.75. The van der Waals surface area contributed by atoms with Crippen molar-refractivity contribution in [1.29, 1.82) is 0 Å². The van der Waals surface area contributed by atoms with Gasteiger partial charge in [-0.05, 0) is 45.2 Å². The summed E-state index contributed by atoms with van der Waals surface area (Å²) in [5, 5.41) is 3.50. The predicted molar refractivity (Wildman–Crippen MR) is 55.2 cm³/mol. The fraction of sp³-hybridized carbons (Fsp3) is 1.00. The first kappa shape index (κ1) is 11.9. The summed E-state index contributed by atoms with van der Waals surface area (Å²) < 4.78 is 0. The van der Waals surface area contributed by atoms with Crippen LogP contribution in [0.5, 0.6) is 0 Å². The highest BCUT2D eigenvalue weighted by Crippen LogP contribution is 2.03. The van der Waals surface area contributed by atoms with Crippen LogP contribution >= 0.6 is 0 Å². The molecule has 74 valence electrons. The van der Waals surface area contributed by atoms with Crippen molar-refractivity contribution in [3.63, 3.8) is 0 Å². The molecule has 0 aliphatic heterocycles. The van der Waals surface area contributed by atoms with Gasteiger partial charge in [-0.1, -0.05) is 13.8 Å². The van der Waals surface area contributed by atoms with E-state index in [0.717, 1.165) is 25.4 Å². The van der Waals surface area contributed by atoms with E-state index in [0.29, 0.717) is 6.04 Å². The molecule has 0 amide bonds. The maximum Gasteiger partial charge on any atom is 0.00362 e. The van der Waals surface area contributed by atoms with Crippen LogP contribution in [0.25, 0.3) is 0 Å². The highest BCUT2D eigenvalue weighted by molar-refractivity contribution is 4.62. The summed E-state index contributed by atoms with van der Waals surface area (Å²) in [4.78, 5) is 0. The third kappa shape index (κ3) is 6.62. The monoisotopic (exact) mass is 172 g/mol. The molecule has 0 fully saturated rings. The van der Waals surface area contributed by atoms with Gasteiger partial charge in [0.15, 0.2) is 0 Å². The number of rotatable bonds is 7. The van der Waals surface area contributed by atoms with Gasteiger partial charge < -0.3 is 11.1 Å². The first-order valence-corrected chi connectivity index (χ1v) is 5.14. The lowest BCUT2D eigenvalue weighted by atomic mass is 10.1. The molecule has 0 saturated carbocycles. The second kappa shape index (κ2) is 7.56. The lowest BCUT2D eigenvalue weighted by molar-refractivity contribution is 0.429. The quantitative estimate of drug-likeness (QED) is 0.614. The number of hydrogen-bond acceptors (Lipinski definition) is 2. The first-order valence-electron chi connectivity index (χ1n) is 5.14. The summed E-state index contributed by atoms with van der Waals surface area (Å²) in [5.41, 5.74) is 5.44. The molecule has 0 rings (SSSR count). The van der Waals surface area contributed by atoms with Crippen LogP contribution in [0.3, 0.4) is 0 Å². The van der Waals surface area contributed by atoms with Crippen LogP contribution in [0.4, 0.5) is 0 Å². The normalized spacial score (nSPS) is 16.0. The van der Waals surface area contributed by atoms with Gasteiger partial charge in [-0.3, -0.25) is 0 Å². The Morgan fingerprint density at radius 3 is 2.50 bits per heavy atom. The zero-order valence-electron chi connectivity index (χ0n) is 8.77. The number of nitrogens with two attached hydrogens (primary N) is 1. The molecule has 0 aliphatic carbocycles. The minimum atomic E-state index is 0.658. The van der Waals surface area contributed by atoms with E-state index in [1.807, 2.05) is 0 Å². The van der Waals surface area contributed by atoms with E-state index >= 15 is 0 Å². The van der Waals surface area contributed by atoms with Crippen molar-refractivity contribution in [3.8, 4) is 0 Å². The molecule has 12 heavy (non-hydrogen) atoms. The molecule has 0 bridgehead atoms. The van der Waals surface area contributed by atoms with E-state index in [2.05, 4.69) is 26.1 Å². The Kier molecular flexibility index (Phi) is 7.51. The summed E-state index contributed by atoms with van der Waals surface area (Å²) in [6.07, 6.45) is 3.62. The van der Waals surface area contributed by atoms with Gasteiger partial charge >= 0.3 is 0 Å². The van der Waals surface area contributed by atoms with Gasteiger partial charge in [-0.2, -0.15) is 0 Å². The molecule has 0 heterocycles. The Bertz CT molecular complexity index is 93.8. The van der Waals surface area contributed by atoms with Crippen molar-refractivity contribution in [3.05, 3.63) is 0 Å². The summed E-state index contributed by atoms with van der Waals surface area (Å²) in [6.45, 7) is 8.69. The zero-order chi connectivity index (χ0) is 9.40. The van der Waals surface area contributed by atoms with Gasteiger partial charge in [-0.15, -0.1) is 0 Å². The summed E-state index contributed by atoms with van der Waals surface area (Å²) in [7, 11) is 0. The van der Waals surface area contributed by atoms with Crippen molar-refractivity contribution in [2.45, 2.75) is 46.1 Å². The Morgan fingerprint density at radius 1 is 1.33 bits per heavy atom. The molecule has 0 aromatic carbocycles. The maximum atomic E-state index is 5.44. The molecule has 3 N–H and O–H groups in total. The van der Waals surface area contributed by atoms with Gasteiger partial charge in [0.2, 0.25) is 0 Å². The molecule has 0 spiro atoms. The lowest BCUT2D eigenvalue weighted by Gasteiger charge is -2.15. The molecule has 0 aliphatic rings. The highest BCUT2D eigenvalue weighted by atomic mass is 14.9. The Balaban J connectivity index is 3.24. The van der Waals surface area contributed by atoms with Crippen LogP contribution in [-0.2, 0) is 0 Å². The fourth-order valence-corrected chi connectivity index (χ4v) is 1.12. The van der Waals surface area contributed by atoms with Crippen molar-refractivity contribution in [2.75, 3.05) is 13.1 Å². The van der Waals surface area contributed by atoms with Gasteiger partial charge in [0.25, 0.3) is 0 Å². The summed E-state index contributed by atoms with van der Waals surface area (Å²) in [6, 6.07) is 0.658. The molecule has 0 aromatic rings. The second-order valence-corrected chi connectivity index (χ2v) is 3.75. The molecule has 2 atom stereocenters. The molecular formula is C10H24N2. The summed E-state index contributed by atoms with van der Waals surface area (Å²) >= 11 is 0. The Labute approximate surface area is 76.9 Å². The SMILES string of the molecule is CCC(C)NCC(C)CCCN. The van der Waals surface area contributed by atoms with Crippen LogP contribution in [0.15, 0.2) is 0 Å². The van der Waals surface area contributed by atoms with Crippen molar-refractivity contribution >= 4 is 0 Å². The van der Waals surface area contributed by atoms with E-state index in [-0.39, 0.29) is 0 Å². The topological polar surface area (TPSA) is 38.0 Å². The van der Waals surface area contributed by atoms with Crippen molar-refractivity contribution in [1.82, 2.24) is 5.32 Å². The molecule has 2 heteroatoms. The van der Waals surface area contributed by atoms with Gasteiger partial charge in [0.05, 0.1) is 0 Å². The highest BCUT2D eigenvalue weighted by Gasteiger charge is 2.02. The molecule has 0 saturated heterocycles. The van der Waals surface area contributed by atoms with Crippen LogP contribution < -0.4 is 11.1 Å². The average Bonchev–Trinajstić information content (AvgIpc) is 2.10. The average molecular weight is 172 g/mol. The van der Waals surface area contributed by atoms with Crippen LogP contribution in [-0.4, -0.2) is 19.1 Å². The molecule has 0 aromatic heterocycles. The summed E-state index contributed by atoms with van der Waals surface area (Å²) in [5.74, 6) is 0.766. The minimum absolute atomic E-state index is 0.658. The van der Waals surface area contributed by atoms with Crippen LogP contribution in [0, 0.1) is 5.92 Å². The Morgan fingerprint density at radius 2 is 2.00 bits per heavy atom. The number of nitrogens with one attached hydrogen (secondary N) is 1. The fourth-order valence-electron chi connectivity index (χ4n) is 1.12. The van der Waals surface area contributed by atoms with Crippen molar-refractivity contribution in [2.24, 2.45) is 11.7 Å². The van der Waals surface area contributed by atoms with E-state index in [1.165, 1.54) is 12.8 Å². The molecular weight excluding hydrogens is 148 g/mol. The Hall–Kier alpha value is -0.0800. The lowest BCUT2D eigenvalue weighted by Crippen LogP contribution is -2.29. The second-order valence-electron chi connectivity index (χ2n) is 3.75. The molecule has 2 unspecified atom stereocenters. The third-order valence-corrected chi connectivity index (χ3v) is 2.33. The van der Waals surface area contributed by atoms with E-state index in [1.54, 1.807) is 0 Å². The molecule has 0 radical (unpaired) electrons. The van der Waals surface area contributed by atoms with Crippen molar-refractivity contribution < 1.29 is 0 Å². The number of hydrogen-bond donors (Lipinski definition) is 2. The zero-order valence-corrected chi connectivity index (χ0v) is 8.77. The largest absolute Gasteiger partial charge is 0.330 e. The van der Waals surface area contributed by atoms with Crippen LogP contribution in [0.1, 0.15) is 40.0 Å². The third-order valence-electron chi connectivity index (χ3n) is 2.33. The smallest absolute Gasteiger partial charge is 0.00362 e. The van der Waals surface area contributed by atoms with Gasteiger partial charge in [0.1, 0.15) is 0 Å². The first-order chi connectivity index (χ1) is 5.70. The van der Waals surface area contributed by atoms with E-state index in [9.17, 15) is 0 Å². The minimum Gasteiger partial charge on any atom is -0.330 e. The van der Waals surface area contributed by atoms with E-state index < -0.39 is 0 Å². The van der Waals surface area contributed by atoms with E-state index in [4.69, 9.17) is 5.73 Å². The maximum absolute atomic E-state index is 5.44. The standard InChI is InChI=1S/C10H24N2/c1-4-10(3)12-8-9(2)6-5-7-11/h9-10,12H,4-8,11H2,1-3H3. The molecule has 2 nitrogen and oxygen atoms in total. The van der Waals surface area contributed by atoms with Gasteiger partial charge in [0, 0.05) is 6.04 Å². The van der Waals surface area contributed by atoms with Crippen LogP contribution in [0.2, 0.25) is 0 Å². The van der Waals surface area contributed by atoms with Gasteiger partial charge in [-0.25, -0.2) is 0 Å².